The summed E-state index contributed by atoms with van der Waals surface area (Å²) < 4.78 is 9.84. The Morgan fingerprint density at radius 2 is 2.31 bits per heavy atom. The molecule has 0 saturated heterocycles. The maximum Gasteiger partial charge on any atom is 0.311 e. The Hall–Kier alpha value is -1.25. The second-order valence-corrected chi connectivity index (χ2v) is 3.63. The summed E-state index contributed by atoms with van der Waals surface area (Å²) in [6.45, 7) is 3.67. The zero-order valence-corrected chi connectivity index (χ0v) is 8.16. The molecule has 0 aromatic carbocycles. The lowest BCUT2D eigenvalue weighted by molar-refractivity contribution is -0.150. The Morgan fingerprint density at radius 1 is 1.62 bits per heavy atom. The van der Waals surface area contributed by atoms with Gasteiger partial charge in [-0.2, -0.15) is 0 Å². The quantitative estimate of drug-likeness (QED) is 0.671. The summed E-state index contributed by atoms with van der Waals surface area (Å²) in [5, 5.41) is 0. The van der Waals surface area contributed by atoms with Crippen LogP contribution in [0.15, 0.2) is 22.8 Å². The van der Waals surface area contributed by atoms with Crippen LogP contribution in [0, 0.1) is 5.41 Å². The van der Waals surface area contributed by atoms with Crippen LogP contribution in [0.2, 0.25) is 0 Å². The first-order valence-corrected chi connectivity index (χ1v) is 4.17. The predicted octanol–water partition coefficient (Wildman–Crippen LogP) is 2.02. The topological polar surface area (TPSA) is 39.4 Å². The molecule has 0 unspecified atom stereocenters. The van der Waals surface area contributed by atoms with Crippen molar-refractivity contribution in [3.8, 4) is 0 Å². The van der Waals surface area contributed by atoms with Crippen LogP contribution in [0.25, 0.3) is 0 Å². The van der Waals surface area contributed by atoms with Crippen LogP contribution in [-0.2, 0) is 16.0 Å². The van der Waals surface area contributed by atoms with E-state index < -0.39 is 5.41 Å². The molecule has 0 spiro atoms. The van der Waals surface area contributed by atoms with Crippen LogP contribution < -0.4 is 0 Å². The summed E-state index contributed by atoms with van der Waals surface area (Å²) in [4.78, 5) is 11.3. The third kappa shape index (κ3) is 2.34. The summed E-state index contributed by atoms with van der Waals surface area (Å²) in [7, 11) is 1.40. The molecule has 0 N–H and O–H groups in total. The third-order valence-corrected chi connectivity index (χ3v) is 1.93. The van der Waals surface area contributed by atoms with Gasteiger partial charge in [0.2, 0.25) is 0 Å². The first-order chi connectivity index (χ1) is 6.06. The van der Waals surface area contributed by atoms with Crippen molar-refractivity contribution in [2.24, 2.45) is 5.41 Å². The minimum absolute atomic E-state index is 0.219. The molecule has 13 heavy (non-hydrogen) atoms. The number of hydrogen-bond donors (Lipinski definition) is 0. The monoisotopic (exact) mass is 182 g/mol. The van der Waals surface area contributed by atoms with E-state index in [1.54, 1.807) is 6.26 Å². The predicted molar refractivity (Wildman–Crippen MR) is 48.2 cm³/mol. The number of carbonyl (C=O) groups is 1. The summed E-state index contributed by atoms with van der Waals surface area (Å²) in [5.41, 5.74) is -0.521. The SMILES string of the molecule is COC(=O)C(C)(C)Cc1ccco1. The molecule has 0 aliphatic rings. The van der Waals surface area contributed by atoms with Crippen LogP contribution in [0.4, 0.5) is 0 Å². The minimum atomic E-state index is -0.521. The van der Waals surface area contributed by atoms with Gasteiger partial charge in [-0.25, -0.2) is 0 Å². The van der Waals surface area contributed by atoms with E-state index in [1.165, 1.54) is 7.11 Å². The average molecular weight is 182 g/mol. The van der Waals surface area contributed by atoms with Gasteiger partial charge in [-0.1, -0.05) is 0 Å². The van der Waals surface area contributed by atoms with Crippen molar-refractivity contribution in [3.05, 3.63) is 24.2 Å². The van der Waals surface area contributed by atoms with E-state index in [0.29, 0.717) is 6.42 Å². The van der Waals surface area contributed by atoms with Gasteiger partial charge in [0.15, 0.2) is 0 Å². The molecule has 0 saturated carbocycles. The molecule has 0 aliphatic carbocycles. The normalized spacial score (nSPS) is 11.3. The molecule has 3 nitrogen and oxygen atoms in total. The number of furan rings is 1. The van der Waals surface area contributed by atoms with Crippen molar-refractivity contribution < 1.29 is 13.9 Å². The molecule has 0 aliphatic heterocycles. The molecule has 0 fully saturated rings. The van der Waals surface area contributed by atoms with Crippen LogP contribution in [0.5, 0.6) is 0 Å². The molecule has 3 heteroatoms. The number of esters is 1. The Morgan fingerprint density at radius 3 is 2.77 bits per heavy atom. The standard InChI is InChI=1S/C10H14O3/c1-10(2,9(11)12-3)7-8-5-4-6-13-8/h4-6H,7H2,1-3H3. The fourth-order valence-corrected chi connectivity index (χ4v) is 1.20. The van der Waals surface area contributed by atoms with E-state index in [2.05, 4.69) is 4.74 Å². The number of hydrogen-bond acceptors (Lipinski definition) is 3. The largest absolute Gasteiger partial charge is 0.469 e. The zero-order chi connectivity index (χ0) is 9.90. The van der Waals surface area contributed by atoms with Crippen molar-refractivity contribution in [1.29, 1.82) is 0 Å². The van der Waals surface area contributed by atoms with Gasteiger partial charge in [0, 0.05) is 6.42 Å². The molecule has 0 amide bonds. The van der Waals surface area contributed by atoms with Gasteiger partial charge in [-0.3, -0.25) is 4.79 Å². The summed E-state index contributed by atoms with van der Waals surface area (Å²) in [5.74, 6) is 0.583. The smallest absolute Gasteiger partial charge is 0.311 e. The van der Waals surface area contributed by atoms with Crippen molar-refractivity contribution in [3.63, 3.8) is 0 Å². The van der Waals surface area contributed by atoms with E-state index in [1.807, 2.05) is 26.0 Å². The highest BCUT2D eigenvalue weighted by molar-refractivity contribution is 5.76. The second-order valence-electron chi connectivity index (χ2n) is 3.63. The number of methoxy groups -OCH3 is 1. The minimum Gasteiger partial charge on any atom is -0.469 e. The van der Waals surface area contributed by atoms with E-state index in [-0.39, 0.29) is 5.97 Å². The Bertz CT molecular complexity index is 272. The highest BCUT2D eigenvalue weighted by Crippen LogP contribution is 2.23. The van der Waals surface area contributed by atoms with E-state index in [9.17, 15) is 4.79 Å². The van der Waals surface area contributed by atoms with Gasteiger partial charge in [0.1, 0.15) is 5.76 Å². The molecule has 1 rings (SSSR count). The molecule has 1 heterocycles. The van der Waals surface area contributed by atoms with Crippen LogP contribution in [0.1, 0.15) is 19.6 Å². The Balaban J connectivity index is 2.67. The summed E-state index contributed by atoms with van der Waals surface area (Å²) in [6.07, 6.45) is 2.16. The van der Waals surface area contributed by atoms with Gasteiger partial charge >= 0.3 is 5.97 Å². The van der Waals surface area contributed by atoms with Crippen molar-refractivity contribution >= 4 is 5.97 Å². The van der Waals surface area contributed by atoms with Crippen LogP contribution in [0.3, 0.4) is 0 Å². The molecule has 0 bridgehead atoms. The highest BCUT2D eigenvalue weighted by atomic mass is 16.5. The number of carbonyl (C=O) groups excluding carboxylic acids is 1. The van der Waals surface area contributed by atoms with E-state index >= 15 is 0 Å². The summed E-state index contributed by atoms with van der Waals surface area (Å²) >= 11 is 0. The van der Waals surface area contributed by atoms with Gasteiger partial charge in [0.25, 0.3) is 0 Å². The second kappa shape index (κ2) is 3.64. The zero-order valence-electron chi connectivity index (χ0n) is 8.16. The fraction of sp³-hybridized carbons (Fsp3) is 0.500. The highest BCUT2D eigenvalue weighted by Gasteiger charge is 2.29. The number of ether oxygens (including phenoxy) is 1. The van der Waals surface area contributed by atoms with Crippen molar-refractivity contribution in [2.75, 3.05) is 7.11 Å². The third-order valence-electron chi connectivity index (χ3n) is 1.93. The average Bonchev–Trinajstić information content (AvgIpc) is 2.54. The van der Waals surface area contributed by atoms with E-state index in [0.717, 1.165) is 5.76 Å². The van der Waals surface area contributed by atoms with Crippen LogP contribution in [-0.4, -0.2) is 13.1 Å². The first-order valence-electron chi connectivity index (χ1n) is 4.17. The van der Waals surface area contributed by atoms with Crippen molar-refractivity contribution in [2.45, 2.75) is 20.3 Å². The van der Waals surface area contributed by atoms with Gasteiger partial charge < -0.3 is 9.15 Å². The number of rotatable bonds is 3. The Kier molecular flexibility index (Phi) is 2.76. The molecule has 1 aromatic heterocycles. The molecule has 0 atom stereocenters. The summed E-state index contributed by atoms with van der Waals surface area (Å²) in [6, 6.07) is 3.66. The maximum absolute atomic E-state index is 11.3. The lowest BCUT2D eigenvalue weighted by Crippen LogP contribution is -2.27. The van der Waals surface area contributed by atoms with E-state index in [4.69, 9.17) is 4.42 Å². The van der Waals surface area contributed by atoms with Gasteiger partial charge in [-0.15, -0.1) is 0 Å². The molecular formula is C10H14O3. The maximum atomic E-state index is 11.3. The Labute approximate surface area is 77.7 Å². The van der Waals surface area contributed by atoms with Gasteiger partial charge in [0.05, 0.1) is 18.8 Å². The molecule has 1 aromatic rings. The molecular weight excluding hydrogens is 168 g/mol. The lowest BCUT2D eigenvalue weighted by atomic mass is 9.88. The lowest BCUT2D eigenvalue weighted by Gasteiger charge is -2.19. The first kappa shape index (κ1) is 9.84. The van der Waals surface area contributed by atoms with Gasteiger partial charge in [-0.05, 0) is 26.0 Å². The molecule has 0 radical (unpaired) electrons. The van der Waals surface area contributed by atoms with Crippen molar-refractivity contribution in [1.82, 2.24) is 0 Å². The fourth-order valence-electron chi connectivity index (χ4n) is 1.20. The molecule has 72 valence electrons. The van der Waals surface area contributed by atoms with Crippen LogP contribution >= 0.6 is 0 Å².